The molecule has 1 atom stereocenters. The number of likely N-dealkylation sites (N-methyl/N-ethyl adjacent to an activating group) is 1. The lowest BCUT2D eigenvalue weighted by Crippen LogP contribution is -2.38. The molecule has 0 aliphatic carbocycles. The number of nitrogens with one attached hydrogen (secondary N) is 1. The van der Waals surface area contributed by atoms with E-state index in [1.807, 2.05) is 24.3 Å². The first-order chi connectivity index (χ1) is 15.9. The molecule has 6 nitrogen and oxygen atoms in total. The summed E-state index contributed by atoms with van der Waals surface area (Å²) in [7, 11) is 0. The van der Waals surface area contributed by atoms with E-state index >= 15 is 0 Å². The van der Waals surface area contributed by atoms with Crippen LogP contribution in [-0.2, 0) is 0 Å². The highest BCUT2D eigenvalue weighted by molar-refractivity contribution is 5.93. The Morgan fingerprint density at radius 2 is 1.73 bits per heavy atom. The van der Waals surface area contributed by atoms with Gasteiger partial charge in [0.25, 0.3) is 5.91 Å². The summed E-state index contributed by atoms with van der Waals surface area (Å²) in [6.45, 7) is 13.5. The summed E-state index contributed by atoms with van der Waals surface area (Å²) < 4.78 is 11.2. The molecule has 3 rings (SSSR count). The van der Waals surface area contributed by atoms with Crippen LogP contribution < -0.4 is 10.1 Å². The van der Waals surface area contributed by atoms with Crippen molar-refractivity contribution in [2.24, 2.45) is 5.92 Å². The molecule has 3 aromatic rings. The number of aryl methyl sites for hydroxylation is 1. The average Bonchev–Trinajstić information content (AvgIpc) is 3.32. The van der Waals surface area contributed by atoms with Crippen LogP contribution in [0.4, 0.5) is 0 Å². The monoisotopic (exact) mass is 449 g/mol. The first-order valence-electron chi connectivity index (χ1n) is 11.7. The van der Waals surface area contributed by atoms with E-state index < -0.39 is 0 Å². The second-order valence-corrected chi connectivity index (χ2v) is 8.66. The lowest BCUT2D eigenvalue weighted by atomic mass is 10.0. The summed E-state index contributed by atoms with van der Waals surface area (Å²) in [5.41, 5.74) is 3.52. The quantitative estimate of drug-likeness (QED) is 0.419. The lowest BCUT2D eigenvalue weighted by Gasteiger charge is -2.30. The second kappa shape index (κ2) is 11.7. The van der Waals surface area contributed by atoms with Gasteiger partial charge < -0.3 is 14.6 Å². The fraction of sp³-hybridized carbons (Fsp3) is 0.407. The van der Waals surface area contributed by atoms with Gasteiger partial charge in [-0.15, -0.1) is 0 Å². The third-order valence-electron chi connectivity index (χ3n) is 5.64. The van der Waals surface area contributed by atoms with Gasteiger partial charge in [-0.05, 0) is 55.8 Å². The molecule has 0 saturated heterocycles. The van der Waals surface area contributed by atoms with Crippen LogP contribution >= 0.6 is 0 Å². The molecule has 0 fully saturated rings. The molecular weight excluding hydrogens is 414 g/mol. The largest absolute Gasteiger partial charge is 0.493 e. The number of rotatable bonds is 11. The fourth-order valence-corrected chi connectivity index (χ4v) is 3.69. The summed E-state index contributed by atoms with van der Waals surface area (Å²) in [4.78, 5) is 15.1. The van der Waals surface area contributed by atoms with Gasteiger partial charge in [-0.1, -0.05) is 62.7 Å². The van der Waals surface area contributed by atoms with E-state index in [2.05, 4.69) is 74.3 Å². The summed E-state index contributed by atoms with van der Waals surface area (Å²) >= 11 is 0. The Morgan fingerprint density at radius 1 is 1.06 bits per heavy atom. The van der Waals surface area contributed by atoms with Crippen LogP contribution in [0.15, 0.2) is 59.1 Å². The molecule has 6 heteroatoms. The number of carbonyl (C=O) groups is 1. The highest BCUT2D eigenvalue weighted by Crippen LogP contribution is 2.24. The zero-order valence-corrected chi connectivity index (χ0v) is 20.3. The van der Waals surface area contributed by atoms with Crippen LogP contribution in [0.3, 0.4) is 0 Å². The van der Waals surface area contributed by atoms with Gasteiger partial charge in [0.2, 0.25) is 0 Å². The summed E-state index contributed by atoms with van der Waals surface area (Å²) in [6, 6.07) is 17.9. The van der Waals surface area contributed by atoms with Gasteiger partial charge >= 0.3 is 0 Å². The van der Waals surface area contributed by atoms with Crippen molar-refractivity contribution in [1.82, 2.24) is 15.4 Å². The fourth-order valence-electron chi connectivity index (χ4n) is 3.69. The molecular formula is C27H35N3O3. The maximum Gasteiger partial charge on any atom is 0.273 e. The Labute approximate surface area is 196 Å². The van der Waals surface area contributed by atoms with E-state index in [0.29, 0.717) is 24.8 Å². The molecule has 1 heterocycles. The predicted molar refractivity (Wildman–Crippen MR) is 131 cm³/mol. The van der Waals surface area contributed by atoms with Crippen LogP contribution in [0.2, 0.25) is 0 Å². The highest BCUT2D eigenvalue weighted by atomic mass is 16.5. The smallest absolute Gasteiger partial charge is 0.273 e. The molecule has 33 heavy (non-hydrogen) atoms. The van der Waals surface area contributed by atoms with E-state index in [4.69, 9.17) is 9.26 Å². The zero-order valence-electron chi connectivity index (χ0n) is 20.3. The molecule has 176 valence electrons. The number of ether oxygens (including phenoxy) is 1. The maximum absolute atomic E-state index is 12.8. The van der Waals surface area contributed by atoms with Gasteiger partial charge in [0.15, 0.2) is 11.5 Å². The van der Waals surface area contributed by atoms with Crippen molar-refractivity contribution in [1.29, 1.82) is 0 Å². The van der Waals surface area contributed by atoms with Crippen molar-refractivity contribution in [3.8, 4) is 17.1 Å². The Morgan fingerprint density at radius 3 is 2.33 bits per heavy atom. The molecule has 1 N–H and O–H groups in total. The molecule has 0 saturated carbocycles. The van der Waals surface area contributed by atoms with Crippen molar-refractivity contribution < 1.29 is 14.1 Å². The average molecular weight is 450 g/mol. The first kappa shape index (κ1) is 24.5. The number of hydrogen-bond acceptors (Lipinski definition) is 5. The topological polar surface area (TPSA) is 67.6 Å². The summed E-state index contributed by atoms with van der Waals surface area (Å²) in [6.07, 6.45) is 0. The number of hydrogen-bond donors (Lipinski definition) is 1. The van der Waals surface area contributed by atoms with Crippen LogP contribution in [0.25, 0.3) is 11.3 Å². The minimum Gasteiger partial charge on any atom is -0.493 e. The summed E-state index contributed by atoms with van der Waals surface area (Å²) in [5.74, 6) is 1.58. The number of aromatic nitrogens is 1. The van der Waals surface area contributed by atoms with Crippen molar-refractivity contribution in [3.63, 3.8) is 0 Å². The van der Waals surface area contributed by atoms with Crippen LogP contribution in [0, 0.1) is 12.8 Å². The first-order valence-corrected chi connectivity index (χ1v) is 11.7. The normalized spacial score (nSPS) is 12.2. The third-order valence-corrected chi connectivity index (χ3v) is 5.64. The minimum atomic E-state index is -0.244. The maximum atomic E-state index is 12.8. The zero-order chi connectivity index (χ0) is 23.8. The van der Waals surface area contributed by atoms with Crippen LogP contribution in [0.1, 0.15) is 55.4 Å². The Bertz CT molecular complexity index is 1010. The van der Waals surface area contributed by atoms with E-state index in [0.717, 1.165) is 24.4 Å². The molecule has 0 aliphatic rings. The van der Waals surface area contributed by atoms with Gasteiger partial charge in [-0.25, -0.2) is 0 Å². The van der Waals surface area contributed by atoms with E-state index in [1.54, 1.807) is 6.07 Å². The second-order valence-electron chi connectivity index (χ2n) is 8.66. The minimum absolute atomic E-state index is 0.0919. The Balaban J connectivity index is 1.66. The van der Waals surface area contributed by atoms with E-state index in [-0.39, 0.29) is 17.6 Å². The van der Waals surface area contributed by atoms with E-state index in [1.165, 1.54) is 11.1 Å². The SMILES string of the molecule is CCN(CC)C(CNC(=O)c1cc(-c2ccc(OCC(C)C)cc2)on1)c1ccc(C)cc1. The van der Waals surface area contributed by atoms with Gasteiger partial charge in [0.05, 0.1) is 12.6 Å². The van der Waals surface area contributed by atoms with Crippen molar-refractivity contribution in [3.05, 3.63) is 71.4 Å². The number of amides is 1. The molecule has 1 unspecified atom stereocenters. The highest BCUT2D eigenvalue weighted by Gasteiger charge is 2.21. The number of carbonyl (C=O) groups excluding carboxylic acids is 1. The van der Waals surface area contributed by atoms with Crippen molar-refractivity contribution in [2.45, 2.75) is 40.7 Å². The van der Waals surface area contributed by atoms with Gasteiger partial charge in [-0.2, -0.15) is 0 Å². The lowest BCUT2D eigenvalue weighted by molar-refractivity contribution is 0.0926. The molecule has 1 amide bonds. The van der Waals surface area contributed by atoms with Gasteiger partial charge in [0.1, 0.15) is 5.75 Å². The van der Waals surface area contributed by atoms with Gasteiger partial charge in [0, 0.05) is 18.2 Å². The molecule has 0 bridgehead atoms. The van der Waals surface area contributed by atoms with Gasteiger partial charge in [-0.3, -0.25) is 9.69 Å². The molecule has 2 aromatic carbocycles. The van der Waals surface area contributed by atoms with Crippen molar-refractivity contribution in [2.75, 3.05) is 26.2 Å². The van der Waals surface area contributed by atoms with Crippen molar-refractivity contribution >= 4 is 5.91 Å². The predicted octanol–water partition coefficient (Wildman–Crippen LogP) is 5.50. The molecule has 1 aromatic heterocycles. The third kappa shape index (κ3) is 6.68. The Hall–Kier alpha value is -3.12. The van der Waals surface area contributed by atoms with E-state index in [9.17, 15) is 4.79 Å². The number of benzene rings is 2. The van der Waals surface area contributed by atoms with Crippen LogP contribution in [-0.4, -0.2) is 42.2 Å². The summed E-state index contributed by atoms with van der Waals surface area (Å²) in [5, 5.41) is 7.03. The standard InChI is InChI=1S/C27H35N3O3/c1-6-30(7-2)25(21-10-8-20(5)9-11-21)17-28-27(31)24-16-26(33-29-24)22-12-14-23(15-13-22)32-18-19(3)4/h8-16,19,25H,6-7,17-18H2,1-5H3,(H,28,31). The molecule has 0 radical (unpaired) electrons. The number of nitrogens with zero attached hydrogens (tertiary/aromatic N) is 2. The molecule has 0 aliphatic heterocycles. The Kier molecular flexibility index (Phi) is 8.66. The van der Waals surface area contributed by atoms with Crippen LogP contribution in [0.5, 0.6) is 5.75 Å². The molecule has 0 spiro atoms.